The van der Waals surface area contributed by atoms with Crippen molar-refractivity contribution >= 4 is 5.97 Å². The van der Waals surface area contributed by atoms with Gasteiger partial charge in [-0.05, 0) is 19.9 Å². The van der Waals surface area contributed by atoms with Crippen LogP contribution >= 0.6 is 0 Å². The first kappa shape index (κ1) is 10.3. The summed E-state index contributed by atoms with van der Waals surface area (Å²) < 4.78 is 37.3. The zero-order valence-electron chi connectivity index (χ0n) is 6.98. The molecule has 1 heterocycles. The lowest BCUT2D eigenvalue weighted by Crippen LogP contribution is -2.56. The van der Waals surface area contributed by atoms with Crippen LogP contribution in [0.25, 0.3) is 0 Å². The van der Waals surface area contributed by atoms with Crippen molar-refractivity contribution in [1.82, 2.24) is 5.32 Å². The normalized spacial score (nSPS) is 34.9. The van der Waals surface area contributed by atoms with Gasteiger partial charge in [-0.15, -0.1) is 0 Å². The molecule has 2 N–H and O–H groups in total. The molecular formula is C7H10F3NO2. The summed E-state index contributed by atoms with van der Waals surface area (Å²) in [5.74, 6) is -2.78. The molecule has 1 rings (SSSR count). The molecule has 2 atom stereocenters. The molecule has 0 aromatic heterocycles. The smallest absolute Gasteiger partial charge is 0.407 e. The number of carboxylic acid groups (broad SMARTS) is 1. The van der Waals surface area contributed by atoms with Crippen molar-refractivity contribution in [3.8, 4) is 0 Å². The minimum atomic E-state index is -4.52. The molecule has 0 radical (unpaired) electrons. The first-order valence-corrected chi connectivity index (χ1v) is 3.83. The van der Waals surface area contributed by atoms with Gasteiger partial charge >= 0.3 is 12.1 Å². The van der Waals surface area contributed by atoms with Crippen molar-refractivity contribution in [2.24, 2.45) is 5.92 Å². The second-order valence-electron chi connectivity index (χ2n) is 3.31. The molecule has 0 bridgehead atoms. The van der Waals surface area contributed by atoms with Gasteiger partial charge in [0.1, 0.15) is 5.54 Å². The van der Waals surface area contributed by atoms with Crippen molar-refractivity contribution in [2.45, 2.75) is 25.1 Å². The number of aliphatic carboxylic acids is 1. The van der Waals surface area contributed by atoms with Gasteiger partial charge in [0, 0.05) is 0 Å². The van der Waals surface area contributed by atoms with Gasteiger partial charge in [-0.2, -0.15) is 13.2 Å². The third-order valence-electron chi connectivity index (χ3n) is 2.51. The Bertz CT molecular complexity index is 228. The van der Waals surface area contributed by atoms with Crippen LogP contribution in [0.4, 0.5) is 13.2 Å². The second-order valence-corrected chi connectivity index (χ2v) is 3.31. The minimum Gasteiger partial charge on any atom is -0.481 e. The van der Waals surface area contributed by atoms with Crippen LogP contribution in [0.15, 0.2) is 0 Å². The van der Waals surface area contributed by atoms with Crippen molar-refractivity contribution in [3.05, 3.63) is 0 Å². The van der Waals surface area contributed by atoms with Crippen LogP contribution in [-0.2, 0) is 4.79 Å². The van der Waals surface area contributed by atoms with Crippen LogP contribution in [0.3, 0.4) is 0 Å². The van der Waals surface area contributed by atoms with Crippen molar-refractivity contribution in [2.75, 3.05) is 6.54 Å². The quantitative estimate of drug-likeness (QED) is 0.659. The lowest BCUT2D eigenvalue weighted by molar-refractivity contribution is -0.203. The lowest BCUT2D eigenvalue weighted by Gasteiger charge is -2.31. The Labute approximate surface area is 72.9 Å². The zero-order chi connectivity index (χ0) is 10.3. The predicted molar refractivity (Wildman–Crippen MR) is 38.2 cm³/mol. The van der Waals surface area contributed by atoms with Gasteiger partial charge in [-0.1, -0.05) is 0 Å². The van der Waals surface area contributed by atoms with E-state index in [1.807, 2.05) is 0 Å². The van der Waals surface area contributed by atoms with Crippen LogP contribution < -0.4 is 5.32 Å². The highest BCUT2D eigenvalue weighted by Crippen LogP contribution is 2.40. The SMILES string of the molecule is CC1(C(F)(F)F)NCCC1C(=O)O. The maximum absolute atomic E-state index is 12.4. The minimum absolute atomic E-state index is 0.0192. The molecule has 0 amide bonds. The summed E-state index contributed by atoms with van der Waals surface area (Å²) in [5, 5.41) is 10.8. The molecule has 0 aromatic rings. The van der Waals surface area contributed by atoms with Crippen molar-refractivity contribution in [3.63, 3.8) is 0 Å². The molecule has 0 saturated carbocycles. The third-order valence-corrected chi connectivity index (χ3v) is 2.51. The number of hydrogen-bond donors (Lipinski definition) is 2. The first-order valence-electron chi connectivity index (χ1n) is 3.83. The van der Waals surface area contributed by atoms with E-state index in [9.17, 15) is 18.0 Å². The lowest BCUT2D eigenvalue weighted by atomic mass is 9.87. The molecule has 6 heteroatoms. The van der Waals surface area contributed by atoms with E-state index in [1.54, 1.807) is 0 Å². The number of carbonyl (C=O) groups is 1. The topological polar surface area (TPSA) is 49.3 Å². The summed E-state index contributed by atoms with van der Waals surface area (Å²) in [7, 11) is 0. The average molecular weight is 197 g/mol. The van der Waals surface area contributed by atoms with Gasteiger partial charge in [0.25, 0.3) is 0 Å². The maximum atomic E-state index is 12.4. The highest BCUT2D eigenvalue weighted by molar-refractivity contribution is 5.72. The summed E-state index contributed by atoms with van der Waals surface area (Å²) in [4.78, 5) is 10.5. The summed E-state index contributed by atoms with van der Waals surface area (Å²) in [5.41, 5.74) is -2.28. The largest absolute Gasteiger partial charge is 0.481 e. The molecule has 3 nitrogen and oxygen atoms in total. The van der Waals surface area contributed by atoms with Crippen LogP contribution in [0.2, 0.25) is 0 Å². The highest BCUT2D eigenvalue weighted by Gasteiger charge is 2.60. The first-order chi connectivity index (χ1) is 5.79. The van der Waals surface area contributed by atoms with E-state index in [-0.39, 0.29) is 13.0 Å². The maximum Gasteiger partial charge on any atom is 0.407 e. The number of nitrogens with one attached hydrogen (secondary N) is 1. The van der Waals surface area contributed by atoms with E-state index >= 15 is 0 Å². The van der Waals surface area contributed by atoms with E-state index in [0.29, 0.717) is 0 Å². The molecule has 0 spiro atoms. The Morgan fingerprint density at radius 1 is 1.62 bits per heavy atom. The molecule has 1 aliphatic heterocycles. The molecule has 0 aromatic carbocycles. The molecule has 1 aliphatic rings. The number of rotatable bonds is 1. The fourth-order valence-corrected chi connectivity index (χ4v) is 1.56. The standard InChI is InChI=1S/C7H10F3NO2/c1-6(7(8,9)10)4(5(12)13)2-3-11-6/h4,11H,2-3H2,1H3,(H,12,13). The Hall–Kier alpha value is -0.780. The summed E-state index contributed by atoms with van der Waals surface area (Å²) >= 11 is 0. The summed E-state index contributed by atoms with van der Waals surface area (Å²) in [6.07, 6.45) is -4.50. The summed E-state index contributed by atoms with van der Waals surface area (Å²) in [6.45, 7) is 0.978. The van der Waals surface area contributed by atoms with Gasteiger partial charge in [0.2, 0.25) is 0 Å². The van der Waals surface area contributed by atoms with E-state index in [1.165, 1.54) is 0 Å². The van der Waals surface area contributed by atoms with Crippen LogP contribution in [0.1, 0.15) is 13.3 Å². The molecule has 76 valence electrons. The highest BCUT2D eigenvalue weighted by atomic mass is 19.4. The van der Waals surface area contributed by atoms with Crippen molar-refractivity contribution < 1.29 is 23.1 Å². The Balaban J connectivity index is 2.95. The van der Waals surface area contributed by atoms with Crippen LogP contribution in [0, 0.1) is 5.92 Å². The van der Waals surface area contributed by atoms with E-state index in [0.717, 1.165) is 6.92 Å². The van der Waals surface area contributed by atoms with Crippen molar-refractivity contribution in [1.29, 1.82) is 0 Å². The summed E-state index contributed by atoms with van der Waals surface area (Å²) in [6, 6.07) is 0. The number of halogens is 3. The van der Waals surface area contributed by atoms with Gasteiger partial charge < -0.3 is 10.4 Å². The molecular weight excluding hydrogens is 187 g/mol. The zero-order valence-corrected chi connectivity index (χ0v) is 6.98. The second kappa shape index (κ2) is 2.87. The Morgan fingerprint density at radius 2 is 2.15 bits per heavy atom. The fourth-order valence-electron chi connectivity index (χ4n) is 1.56. The van der Waals surface area contributed by atoms with Gasteiger partial charge in [0.15, 0.2) is 0 Å². The number of alkyl halides is 3. The monoisotopic (exact) mass is 197 g/mol. The van der Waals surface area contributed by atoms with Gasteiger partial charge in [-0.25, -0.2) is 0 Å². The van der Waals surface area contributed by atoms with Gasteiger partial charge in [0.05, 0.1) is 5.92 Å². The molecule has 13 heavy (non-hydrogen) atoms. The Kier molecular flexibility index (Phi) is 2.27. The molecule has 0 aliphatic carbocycles. The van der Waals surface area contributed by atoms with E-state index < -0.39 is 23.6 Å². The Morgan fingerprint density at radius 3 is 2.46 bits per heavy atom. The fraction of sp³-hybridized carbons (Fsp3) is 0.857. The molecule has 1 fully saturated rings. The molecule has 1 saturated heterocycles. The molecule has 2 unspecified atom stereocenters. The van der Waals surface area contributed by atoms with E-state index in [2.05, 4.69) is 5.32 Å². The van der Waals surface area contributed by atoms with E-state index in [4.69, 9.17) is 5.11 Å². The predicted octanol–water partition coefficient (Wildman–Crippen LogP) is 1.00. The average Bonchev–Trinajstić information content (AvgIpc) is 2.30. The van der Waals surface area contributed by atoms with Crippen LogP contribution in [0.5, 0.6) is 0 Å². The number of carboxylic acids is 1. The van der Waals surface area contributed by atoms with Gasteiger partial charge in [-0.3, -0.25) is 4.79 Å². The van der Waals surface area contributed by atoms with Crippen LogP contribution in [-0.4, -0.2) is 29.3 Å². The number of hydrogen-bond acceptors (Lipinski definition) is 2. The third kappa shape index (κ3) is 1.50.